The normalized spacial score (nSPS) is 15.6. The highest BCUT2D eigenvalue weighted by Crippen LogP contribution is 2.22. The molecule has 0 aliphatic carbocycles. The second-order valence-corrected chi connectivity index (χ2v) is 6.15. The lowest BCUT2D eigenvalue weighted by molar-refractivity contribution is -0.657. The first-order valence-corrected chi connectivity index (χ1v) is 8.37. The Morgan fingerprint density at radius 2 is 1.76 bits per heavy atom. The molecule has 1 aromatic carbocycles. The van der Waals surface area contributed by atoms with Gasteiger partial charge in [0.15, 0.2) is 0 Å². The van der Waals surface area contributed by atoms with Crippen LogP contribution in [0.15, 0.2) is 46.9 Å². The number of nitrogens with zero attached hydrogens (tertiary/aromatic N) is 6. The van der Waals surface area contributed by atoms with Gasteiger partial charge in [0.2, 0.25) is 0 Å². The summed E-state index contributed by atoms with van der Waals surface area (Å²) in [5.74, 6) is 0.815. The summed E-state index contributed by atoms with van der Waals surface area (Å²) in [6.07, 6.45) is 3.92. The molecule has 0 spiro atoms. The molecule has 1 aromatic heterocycles. The van der Waals surface area contributed by atoms with Gasteiger partial charge in [0, 0.05) is 50.1 Å². The fraction of sp³-hybridized carbons (Fsp3) is 0.471. The maximum Gasteiger partial charge on any atom is 0.421 e. The zero-order chi connectivity index (χ0) is 16.9. The lowest BCUT2D eigenvalue weighted by Gasteiger charge is -2.35. The summed E-state index contributed by atoms with van der Waals surface area (Å²) in [7, 11) is 3.92. The molecule has 2 heterocycles. The van der Waals surface area contributed by atoms with E-state index in [1.54, 1.807) is 0 Å². The van der Waals surface area contributed by atoms with Crippen molar-refractivity contribution in [3.8, 4) is 0 Å². The second-order valence-electron chi connectivity index (χ2n) is 6.15. The van der Waals surface area contributed by atoms with E-state index in [-0.39, 0.29) is 12.4 Å². The minimum absolute atomic E-state index is 0. The maximum atomic E-state index is 5.63. The molecule has 25 heavy (non-hydrogen) atoms. The second kappa shape index (κ2) is 8.94. The van der Waals surface area contributed by atoms with Crippen molar-refractivity contribution >= 4 is 17.3 Å². The van der Waals surface area contributed by atoms with E-state index >= 15 is 0 Å². The first-order chi connectivity index (χ1) is 11.7. The first kappa shape index (κ1) is 19.4. The Morgan fingerprint density at radius 3 is 2.32 bits per heavy atom. The van der Waals surface area contributed by atoms with E-state index in [0.717, 1.165) is 50.9 Å². The van der Waals surface area contributed by atoms with E-state index in [9.17, 15) is 0 Å². The molecule has 2 aromatic rings. The number of imidazole rings is 1. The fourth-order valence-corrected chi connectivity index (χ4v) is 2.97. The molecule has 1 aliphatic rings. The number of anilines is 1. The highest BCUT2D eigenvalue weighted by molar-refractivity contribution is 5.53. The molecule has 0 atom stereocenters. The molecule has 1 saturated heterocycles. The van der Waals surface area contributed by atoms with Gasteiger partial charge in [-0.2, -0.15) is 0 Å². The fourth-order valence-electron chi connectivity index (χ4n) is 2.97. The van der Waals surface area contributed by atoms with E-state index < -0.39 is 0 Å². The monoisotopic (exact) mass is 363 g/mol. The SMILES string of the molecule is Cn1cc[n+](C)c1N=Nc1ccc(N2CCN(CCN)CC2)cc1.[Cl-]. The minimum atomic E-state index is 0. The molecule has 1 fully saturated rings. The van der Waals surface area contributed by atoms with E-state index in [2.05, 4.69) is 32.2 Å². The van der Waals surface area contributed by atoms with Crippen molar-refractivity contribution in [2.75, 3.05) is 44.2 Å². The average molecular weight is 364 g/mol. The number of azo groups is 1. The van der Waals surface area contributed by atoms with Gasteiger partial charge in [-0.3, -0.25) is 4.90 Å². The third-order valence-corrected chi connectivity index (χ3v) is 4.43. The molecule has 0 saturated carbocycles. The zero-order valence-electron chi connectivity index (χ0n) is 14.8. The van der Waals surface area contributed by atoms with Crippen LogP contribution in [-0.4, -0.2) is 48.7 Å². The van der Waals surface area contributed by atoms with Crippen LogP contribution < -0.4 is 27.6 Å². The lowest BCUT2D eigenvalue weighted by Crippen LogP contribution is -3.00. The molecule has 3 rings (SSSR count). The van der Waals surface area contributed by atoms with Gasteiger partial charge in [-0.15, -0.1) is 0 Å². The van der Waals surface area contributed by atoms with Gasteiger partial charge in [-0.25, -0.2) is 9.13 Å². The third kappa shape index (κ3) is 4.78. The zero-order valence-corrected chi connectivity index (χ0v) is 15.6. The Labute approximate surface area is 155 Å². The van der Waals surface area contributed by atoms with Crippen molar-refractivity contribution in [3.63, 3.8) is 0 Å². The Hall–Kier alpha value is -1.96. The highest BCUT2D eigenvalue weighted by Gasteiger charge is 2.16. The Bertz CT molecular complexity index is 668. The summed E-state index contributed by atoms with van der Waals surface area (Å²) in [5, 5.41) is 8.66. The molecule has 136 valence electrons. The van der Waals surface area contributed by atoms with Crippen molar-refractivity contribution in [3.05, 3.63) is 36.7 Å². The number of aryl methyl sites for hydroxylation is 2. The number of piperazine rings is 1. The van der Waals surface area contributed by atoms with Crippen molar-refractivity contribution in [2.24, 2.45) is 30.1 Å². The van der Waals surface area contributed by atoms with Crippen LogP contribution >= 0.6 is 0 Å². The predicted octanol–water partition coefficient (Wildman–Crippen LogP) is -1.65. The number of benzene rings is 1. The Kier molecular flexibility index (Phi) is 6.92. The molecule has 1 aliphatic heterocycles. The van der Waals surface area contributed by atoms with E-state index in [0.29, 0.717) is 0 Å². The molecule has 7 nitrogen and oxygen atoms in total. The van der Waals surface area contributed by atoms with Gasteiger partial charge < -0.3 is 23.0 Å². The number of aromatic nitrogens is 2. The minimum Gasteiger partial charge on any atom is -1.00 e. The molecule has 0 unspecified atom stereocenters. The summed E-state index contributed by atoms with van der Waals surface area (Å²) in [5.41, 5.74) is 7.73. The first-order valence-electron chi connectivity index (χ1n) is 8.37. The summed E-state index contributed by atoms with van der Waals surface area (Å²) in [4.78, 5) is 4.82. The van der Waals surface area contributed by atoms with E-state index in [4.69, 9.17) is 5.73 Å². The third-order valence-electron chi connectivity index (χ3n) is 4.43. The van der Waals surface area contributed by atoms with Gasteiger partial charge in [0.1, 0.15) is 5.69 Å². The number of nitrogens with two attached hydrogens (primary N) is 1. The number of rotatable bonds is 5. The standard InChI is InChI=1S/C17H26N7.ClH/c1-21-9-10-22(2)17(21)20-19-15-3-5-16(6-4-15)24-13-11-23(8-7-18)12-14-24;/h3-6,9-10H,7-8,11-14,18H2,1-2H3;1H/q+1;/p-1. The largest absolute Gasteiger partial charge is 1.00 e. The Balaban J connectivity index is 0.00000225. The van der Waals surface area contributed by atoms with E-state index in [1.165, 1.54) is 5.69 Å². The Morgan fingerprint density at radius 1 is 1.08 bits per heavy atom. The van der Waals surface area contributed by atoms with Gasteiger partial charge in [0.25, 0.3) is 0 Å². The summed E-state index contributed by atoms with van der Waals surface area (Å²) in [6, 6.07) is 8.29. The van der Waals surface area contributed by atoms with Crippen LogP contribution in [0.25, 0.3) is 0 Å². The summed E-state index contributed by atoms with van der Waals surface area (Å²) < 4.78 is 3.89. The van der Waals surface area contributed by atoms with E-state index in [1.807, 2.05) is 47.8 Å². The summed E-state index contributed by atoms with van der Waals surface area (Å²) in [6.45, 7) is 5.95. The molecule has 2 N–H and O–H groups in total. The van der Waals surface area contributed by atoms with Gasteiger partial charge >= 0.3 is 5.95 Å². The molecule has 0 amide bonds. The quantitative estimate of drug-likeness (QED) is 0.511. The van der Waals surface area contributed by atoms with Crippen LogP contribution in [0.4, 0.5) is 17.3 Å². The number of hydrogen-bond donors (Lipinski definition) is 1. The molecular weight excluding hydrogens is 338 g/mol. The maximum absolute atomic E-state index is 5.63. The number of hydrogen-bond acceptors (Lipinski definition) is 5. The van der Waals surface area contributed by atoms with Crippen molar-refractivity contribution in [2.45, 2.75) is 0 Å². The van der Waals surface area contributed by atoms with Gasteiger partial charge in [0.05, 0.1) is 26.5 Å². The van der Waals surface area contributed by atoms with Crippen LogP contribution in [0.2, 0.25) is 0 Å². The van der Waals surface area contributed by atoms with Crippen LogP contribution in [0.5, 0.6) is 0 Å². The van der Waals surface area contributed by atoms with Crippen molar-refractivity contribution in [1.29, 1.82) is 0 Å². The van der Waals surface area contributed by atoms with Gasteiger partial charge in [-0.05, 0) is 24.3 Å². The van der Waals surface area contributed by atoms with Crippen LogP contribution in [0.1, 0.15) is 0 Å². The topological polar surface area (TPSA) is 66.0 Å². The molecule has 8 heteroatoms. The van der Waals surface area contributed by atoms with Crippen molar-refractivity contribution in [1.82, 2.24) is 9.47 Å². The molecule has 0 bridgehead atoms. The summed E-state index contributed by atoms with van der Waals surface area (Å²) >= 11 is 0. The van der Waals surface area contributed by atoms with Crippen LogP contribution in [0.3, 0.4) is 0 Å². The molecule has 0 radical (unpaired) electrons. The van der Waals surface area contributed by atoms with Crippen LogP contribution in [-0.2, 0) is 14.1 Å². The molecular formula is C17H26ClN7. The van der Waals surface area contributed by atoms with Gasteiger partial charge in [-0.1, -0.05) is 5.11 Å². The average Bonchev–Trinajstić information content (AvgIpc) is 2.93. The lowest BCUT2D eigenvalue weighted by atomic mass is 10.2. The predicted molar refractivity (Wildman–Crippen MR) is 94.9 cm³/mol. The highest BCUT2D eigenvalue weighted by atomic mass is 35.5. The van der Waals surface area contributed by atoms with Crippen LogP contribution in [0, 0.1) is 0 Å². The number of halogens is 1. The van der Waals surface area contributed by atoms with Crippen molar-refractivity contribution < 1.29 is 17.0 Å². The smallest absolute Gasteiger partial charge is 0.421 e.